The van der Waals surface area contributed by atoms with Crippen molar-refractivity contribution >= 4 is 0 Å². The van der Waals surface area contributed by atoms with Crippen molar-refractivity contribution in [3.63, 3.8) is 0 Å². The molecule has 0 bridgehead atoms. The zero-order valence-corrected chi connectivity index (χ0v) is 13.7. The van der Waals surface area contributed by atoms with Gasteiger partial charge < -0.3 is 15.3 Å². The summed E-state index contributed by atoms with van der Waals surface area (Å²) in [5.74, 6) is 0.284. The Labute approximate surface area is 122 Å². The normalized spacial score (nSPS) is 16.1. The van der Waals surface area contributed by atoms with E-state index in [0.29, 0.717) is 5.56 Å². The van der Waals surface area contributed by atoms with Gasteiger partial charge in [0.1, 0.15) is 11.9 Å². The second-order valence-electron chi connectivity index (χ2n) is 7.65. The van der Waals surface area contributed by atoms with Crippen LogP contribution in [-0.2, 0) is 10.8 Å². The smallest absolute Gasteiger partial charge is 0.123 e. The Morgan fingerprint density at radius 3 is 1.45 bits per heavy atom. The third kappa shape index (κ3) is 3.53. The Morgan fingerprint density at radius 2 is 1.20 bits per heavy atom. The molecule has 3 N–H and O–H groups in total. The highest BCUT2D eigenvalue weighted by Gasteiger charge is 2.28. The van der Waals surface area contributed by atoms with Crippen molar-refractivity contribution < 1.29 is 15.3 Å². The number of phenolic OH excluding ortho intramolecular Hbond substituents is 1. The lowest BCUT2D eigenvalue weighted by atomic mass is 9.77. The molecule has 0 aliphatic carbocycles. The lowest BCUT2D eigenvalue weighted by molar-refractivity contribution is 0.0303. The predicted octanol–water partition coefficient (Wildman–Crippen LogP) is 3.40. The minimum absolute atomic E-state index is 0.238. The lowest BCUT2D eigenvalue weighted by Gasteiger charge is -2.29. The molecule has 0 aliphatic heterocycles. The molecule has 20 heavy (non-hydrogen) atoms. The first-order valence-electron chi connectivity index (χ1n) is 7.09. The van der Waals surface area contributed by atoms with Gasteiger partial charge in [-0.05, 0) is 46.6 Å². The van der Waals surface area contributed by atoms with Gasteiger partial charge in [0.05, 0.1) is 6.10 Å². The van der Waals surface area contributed by atoms with Crippen LogP contribution in [0.1, 0.15) is 71.3 Å². The molecule has 0 fully saturated rings. The van der Waals surface area contributed by atoms with Crippen LogP contribution in [0, 0.1) is 0 Å². The van der Waals surface area contributed by atoms with Crippen LogP contribution in [0.4, 0.5) is 0 Å². The fraction of sp³-hybridized carbons (Fsp3) is 0.647. The van der Waals surface area contributed by atoms with Crippen LogP contribution in [0.25, 0.3) is 0 Å². The van der Waals surface area contributed by atoms with E-state index in [1.807, 2.05) is 41.5 Å². The quantitative estimate of drug-likeness (QED) is 0.778. The Kier molecular flexibility index (Phi) is 4.57. The van der Waals surface area contributed by atoms with E-state index in [0.717, 1.165) is 11.1 Å². The van der Waals surface area contributed by atoms with Gasteiger partial charge in [0.25, 0.3) is 0 Å². The molecule has 0 spiro atoms. The largest absolute Gasteiger partial charge is 0.507 e. The molecule has 0 radical (unpaired) electrons. The van der Waals surface area contributed by atoms with Crippen molar-refractivity contribution in [2.75, 3.05) is 0 Å². The van der Waals surface area contributed by atoms with Crippen molar-refractivity contribution in [1.29, 1.82) is 0 Å². The topological polar surface area (TPSA) is 60.7 Å². The molecule has 0 heterocycles. The highest BCUT2D eigenvalue weighted by molar-refractivity contribution is 5.50. The molecule has 114 valence electrons. The minimum atomic E-state index is -0.946. The first-order valence-corrected chi connectivity index (χ1v) is 7.09. The summed E-state index contributed by atoms with van der Waals surface area (Å²) in [7, 11) is 0. The van der Waals surface area contributed by atoms with Gasteiger partial charge >= 0.3 is 0 Å². The first-order chi connectivity index (χ1) is 8.85. The number of phenols is 1. The van der Waals surface area contributed by atoms with Crippen LogP contribution in [0.15, 0.2) is 12.1 Å². The van der Waals surface area contributed by atoms with Crippen molar-refractivity contribution in [3.8, 4) is 5.75 Å². The van der Waals surface area contributed by atoms with Crippen molar-refractivity contribution in [2.24, 2.45) is 0 Å². The minimum Gasteiger partial charge on any atom is -0.507 e. The standard InChI is InChI=1S/C17H28O3/c1-10(18)14(19)11-8-12(16(2,3)4)15(20)13(9-11)17(5,6)7/h8-10,14,18-20H,1-7H3. The van der Waals surface area contributed by atoms with E-state index in [9.17, 15) is 15.3 Å². The molecule has 2 atom stereocenters. The number of aliphatic hydroxyl groups is 2. The summed E-state index contributed by atoms with van der Waals surface area (Å²) in [6, 6.07) is 3.59. The van der Waals surface area contributed by atoms with Gasteiger partial charge in [-0.25, -0.2) is 0 Å². The second kappa shape index (κ2) is 5.38. The molecule has 1 rings (SSSR count). The molecule has 0 amide bonds. The number of aliphatic hydroxyl groups excluding tert-OH is 2. The predicted molar refractivity (Wildman–Crippen MR) is 82.1 cm³/mol. The van der Waals surface area contributed by atoms with E-state index in [1.54, 1.807) is 19.1 Å². The molecule has 1 aromatic carbocycles. The maximum Gasteiger partial charge on any atom is 0.123 e. The molecular weight excluding hydrogens is 252 g/mol. The Hall–Kier alpha value is -1.06. The number of benzene rings is 1. The molecule has 2 unspecified atom stereocenters. The summed E-state index contributed by atoms with van der Waals surface area (Å²) in [6.07, 6.45) is -1.79. The number of rotatable bonds is 2. The maximum atomic E-state index is 10.6. The molecule has 3 nitrogen and oxygen atoms in total. The molecule has 3 heteroatoms. The molecule has 0 aromatic heterocycles. The highest BCUT2D eigenvalue weighted by Crippen LogP contribution is 2.41. The van der Waals surface area contributed by atoms with E-state index in [-0.39, 0.29) is 16.6 Å². The summed E-state index contributed by atoms with van der Waals surface area (Å²) in [4.78, 5) is 0. The average Bonchev–Trinajstić information content (AvgIpc) is 2.24. The van der Waals surface area contributed by atoms with Crippen LogP contribution in [0.5, 0.6) is 5.75 Å². The fourth-order valence-electron chi connectivity index (χ4n) is 2.25. The SMILES string of the molecule is CC(O)C(O)c1cc(C(C)(C)C)c(O)c(C(C)(C)C)c1. The number of aromatic hydroxyl groups is 1. The summed E-state index contributed by atoms with van der Waals surface area (Å²) in [5, 5.41) is 30.3. The monoisotopic (exact) mass is 280 g/mol. The molecule has 0 aliphatic rings. The zero-order valence-electron chi connectivity index (χ0n) is 13.7. The van der Waals surface area contributed by atoms with E-state index in [4.69, 9.17) is 0 Å². The average molecular weight is 280 g/mol. The van der Waals surface area contributed by atoms with Gasteiger partial charge in [0.15, 0.2) is 0 Å². The van der Waals surface area contributed by atoms with E-state index < -0.39 is 12.2 Å². The van der Waals surface area contributed by atoms with Crippen LogP contribution in [-0.4, -0.2) is 21.4 Å². The summed E-state index contributed by atoms with van der Waals surface area (Å²) < 4.78 is 0. The molecule has 0 saturated heterocycles. The van der Waals surface area contributed by atoms with E-state index >= 15 is 0 Å². The summed E-state index contributed by atoms with van der Waals surface area (Å²) >= 11 is 0. The third-order valence-electron chi connectivity index (χ3n) is 3.55. The maximum absolute atomic E-state index is 10.6. The lowest BCUT2D eigenvalue weighted by Crippen LogP contribution is -2.20. The van der Waals surface area contributed by atoms with Gasteiger partial charge in [-0.2, -0.15) is 0 Å². The van der Waals surface area contributed by atoms with Crippen LogP contribution >= 0.6 is 0 Å². The van der Waals surface area contributed by atoms with E-state index in [2.05, 4.69) is 0 Å². The van der Waals surface area contributed by atoms with Crippen molar-refractivity contribution in [3.05, 3.63) is 28.8 Å². The number of hydrogen-bond acceptors (Lipinski definition) is 3. The van der Waals surface area contributed by atoms with Gasteiger partial charge in [-0.3, -0.25) is 0 Å². The van der Waals surface area contributed by atoms with Crippen LogP contribution in [0.2, 0.25) is 0 Å². The van der Waals surface area contributed by atoms with Gasteiger partial charge in [-0.15, -0.1) is 0 Å². The van der Waals surface area contributed by atoms with E-state index in [1.165, 1.54) is 0 Å². The van der Waals surface area contributed by atoms with Gasteiger partial charge in [0.2, 0.25) is 0 Å². The van der Waals surface area contributed by atoms with Gasteiger partial charge in [-0.1, -0.05) is 41.5 Å². The van der Waals surface area contributed by atoms with Crippen molar-refractivity contribution in [1.82, 2.24) is 0 Å². The molecular formula is C17H28O3. The summed E-state index contributed by atoms with van der Waals surface area (Å²) in [5.41, 5.74) is 1.75. The zero-order chi connectivity index (χ0) is 15.9. The van der Waals surface area contributed by atoms with Crippen molar-refractivity contribution in [2.45, 2.75) is 71.5 Å². The Bertz CT molecular complexity index is 441. The highest BCUT2D eigenvalue weighted by atomic mass is 16.3. The Balaban J connectivity index is 3.59. The van der Waals surface area contributed by atoms with Crippen LogP contribution < -0.4 is 0 Å². The third-order valence-corrected chi connectivity index (χ3v) is 3.55. The Morgan fingerprint density at radius 1 is 0.850 bits per heavy atom. The molecule has 1 aromatic rings. The number of hydrogen-bond donors (Lipinski definition) is 3. The summed E-state index contributed by atoms with van der Waals surface area (Å²) in [6.45, 7) is 13.7. The van der Waals surface area contributed by atoms with Gasteiger partial charge in [0, 0.05) is 0 Å². The molecule has 0 saturated carbocycles. The van der Waals surface area contributed by atoms with Crippen LogP contribution in [0.3, 0.4) is 0 Å². The fourth-order valence-corrected chi connectivity index (χ4v) is 2.25. The first kappa shape index (κ1) is 17.0. The second-order valence-corrected chi connectivity index (χ2v) is 7.65.